The number of halogens is 1. The highest BCUT2D eigenvalue weighted by Gasteiger charge is 2.05. The van der Waals surface area contributed by atoms with Gasteiger partial charge in [0.1, 0.15) is 0 Å². The van der Waals surface area contributed by atoms with Crippen molar-refractivity contribution in [3.05, 3.63) is 50.9 Å². The summed E-state index contributed by atoms with van der Waals surface area (Å²) in [6, 6.07) is 5.02. The largest absolute Gasteiger partial charge is 0.481 e. The molecule has 0 spiro atoms. The highest BCUT2D eigenvalue weighted by atomic mass is 35.5. The lowest BCUT2D eigenvalue weighted by Gasteiger charge is -2.03. The van der Waals surface area contributed by atoms with Gasteiger partial charge in [0, 0.05) is 16.5 Å². The molecule has 0 saturated carbocycles. The molecule has 0 aromatic heterocycles. The second kappa shape index (κ2) is 6.58. The lowest BCUT2D eigenvalue weighted by molar-refractivity contribution is -0.136. The zero-order chi connectivity index (χ0) is 12.7. The summed E-state index contributed by atoms with van der Waals surface area (Å²) in [5.41, 5.74) is 9.48. The van der Waals surface area contributed by atoms with Gasteiger partial charge in [-0.15, -0.1) is 0 Å². The molecule has 0 saturated heterocycles. The van der Waals surface area contributed by atoms with E-state index in [0.717, 1.165) is 5.56 Å². The Balaban J connectivity index is 2.93. The van der Waals surface area contributed by atoms with E-state index >= 15 is 0 Å². The molecule has 0 amide bonds. The first-order chi connectivity index (χ1) is 8.13. The van der Waals surface area contributed by atoms with E-state index in [1.807, 2.05) is 0 Å². The first-order valence-electron chi connectivity index (χ1n) is 4.81. The van der Waals surface area contributed by atoms with Gasteiger partial charge in [0.2, 0.25) is 0 Å². The minimum atomic E-state index is -0.919. The van der Waals surface area contributed by atoms with Crippen molar-refractivity contribution < 1.29 is 9.90 Å². The summed E-state index contributed by atoms with van der Waals surface area (Å²) in [4.78, 5) is 13.3. The lowest BCUT2D eigenvalue weighted by Crippen LogP contribution is -2.01. The van der Waals surface area contributed by atoms with Crippen molar-refractivity contribution >= 4 is 23.6 Å². The number of nitrogens with zero attached hydrogens (tertiary/aromatic N) is 3. The molecule has 0 radical (unpaired) electrons. The number of carbonyl (C=O) groups is 1. The Hall–Kier alpha value is -1.97. The van der Waals surface area contributed by atoms with Gasteiger partial charge in [-0.05, 0) is 28.8 Å². The van der Waals surface area contributed by atoms with Gasteiger partial charge in [0.15, 0.2) is 0 Å². The molecule has 88 valence electrons. The minimum absolute atomic E-state index is 0.0955. The second-order valence-corrected chi connectivity index (χ2v) is 3.67. The molecule has 0 heterocycles. The molecule has 0 aliphatic carbocycles. The van der Waals surface area contributed by atoms with Crippen LogP contribution in [0.3, 0.4) is 0 Å². The van der Waals surface area contributed by atoms with E-state index in [1.54, 1.807) is 30.4 Å². The maximum Gasteiger partial charge on any atom is 0.307 e. The molecule has 0 aliphatic heterocycles. The van der Waals surface area contributed by atoms with Crippen LogP contribution in [0.5, 0.6) is 0 Å². The first kappa shape index (κ1) is 13.1. The van der Waals surface area contributed by atoms with Crippen LogP contribution in [0.2, 0.25) is 5.02 Å². The fraction of sp³-hybridized carbons (Fsp3) is 0.182. The number of hydrogen-bond acceptors (Lipinski definition) is 2. The summed E-state index contributed by atoms with van der Waals surface area (Å²) in [7, 11) is 0. The third-order valence-corrected chi connectivity index (χ3v) is 2.23. The Bertz CT molecular complexity index is 493. The minimum Gasteiger partial charge on any atom is -0.481 e. The lowest BCUT2D eigenvalue weighted by atomic mass is 10.0. The number of rotatable bonds is 5. The first-order valence-corrected chi connectivity index (χ1v) is 5.19. The number of hydrogen-bond donors (Lipinski definition) is 1. The van der Waals surface area contributed by atoms with E-state index in [-0.39, 0.29) is 13.0 Å². The fourth-order valence-corrected chi connectivity index (χ4v) is 1.51. The Kier molecular flexibility index (Phi) is 5.07. The van der Waals surface area contributed by atoms with Crippen LogP contribution in [-0.4, -0.2) is 17.6 Å². The van der Waals surface area contributed by atoms with Crippen molar-refractivity contribution in [2.75, 3.05) is 6.54 Å². The standard InChI is InChI=1S/C11H10ClN3O2/c12-10-4-3-8(2-1-5-14-15-13)9(6-10)7-11(16)17/h1-4,6H,5,7H2,(H,16,17). The average molecular weight is 252 g/mol. The van der Waals surface area contributed by atoms with E-state index in [4.69, 9.17) is 22.2 Å². The number of benzene rings is 1. The van der Waals surface area contributed by atoms with Crippen molar-refractivity contribution in [3.8, 4) is 0 Å². The van der Waals surface area contributed by atoms with E-state index in [2.05, 4.69) is 10.0 Å². The van der Waals surface area contributed by atoms with Gasteiger partial charge in [0.25, 0.3) is 0 Å². The monoisotopic (exact) mass is 251 g/mol. The Morgan fingerprint density at radius 3 is 3.00 bits per heavy atom. The summed E-state index contributed by atoms with van der Waals surface area (Å²) in [6.07, 6.45) is 3.28. The zero-order valence-electron chi connectivity index (χ0n) is 8.88. The highest BCUT2D eigenvalue weighted by Crippen LogP contribution is 2.18. The van der Waals surface area contributed by atoms with Crippen molar-refractivity contribution in [3.63, 3.8) is 0 Å². The Labute approximate surface area is 103 Å². The van der Waals surface area contributed by atoms with Gasteiger partial charge in [-0.1, -0.05) is 34.9 Å². The maximum atomic E-state index is 10.7. The van der Waals surface area contributed by atoms with Crippen LogP contribution in [0.4, 0.5) is 0 Å². The van der Waals surface area contributed by atoms with Crippen LogP contribution in [0, 0.1) is 0 Å². The van der Waals surface area contributed by atoms with E-state index < -0.39 is 5.97 Å². The van der Waals surface area contributed by atoms with Gasteiger partial charge in [-0.2, -0.15) is 0 Å². The second-order valence-electron chi connectivity index (χ2n) is 3.23. The molecular formula is C11H10ClN3O2. The summed E-state index contributed by atoms with van der Waals surface area (Å²) in [6.45, 7) is 0.228. The quantitative estimate of drug-likeness (QED) is 0.494. The maximum absolute atomic E-state index is 10.7. The molecule has 1 aromatic carbocycles. The van der Waals surface area contributed by atoms with E-state index in [9.17, 15) is 4.79 Å². The molecule has 0 unspecified atom stereocenters. The van der Waals surface area contributed by atoms with Gasteiger partial charge in [-0.25, -0.2) is 0 Å². The summed E-state index contributed by atoms with van der Waals surface area (Å²) in [5, 5.41) is 12.6. The SMILES string of the molecule is [N-]=[N+]=NCC=Cc1ccc(Cl)cc1CC(=O)O. The topological polar surface area (TPSA) is 86.1 Å². The Morgan fingerprint density at radius 2 is 2.35 bits per heavy atom. The molecule has 1 rings (SSSR count). The molecule has 1 N–H and O–H groups in total. The van der Waals surface area contributed by atoms with Crippen LogP contribution in [0.1, 0.15) is 11.1 Å². The van der Waals surface area contributed by atoms with Crippen molar-refractivity contribution in [1.82, 2.24) is 0 Å². The normalized spacial score (nSPS) is 10.2. The molecule has 1 aromatic rings. The van der Waals surface area contributed by atoms with Crippen molar-refractivity contribution in [2.24, 2.45) is 5.11 Å². The van der Waals surface area contributed by atoms with Crippen LogP contribution in [-0.2, 0) is 11.2 Å². The molecule has 17 heavy (non-hydrogen) atoms. The third-order valence-electron chi connectivity index (χ3n) is 1.99. The molecule has 5 nitrogen and oxygen atoms in total. The van der Waals surface area contributed by atoms with Gasteiger partial charge in [0.05, 0.1) is 6.42 Å². The molecule has 0 atom stereocenters. The Morgan fingerprint density at radius 1 is 1.59 bits per heavy atom. The number of aliphatic carboxylic acids is 1. The van der Waals surface area contributed by atoms with E-state index in [0.29, 0.717) is 10.6 Å². The third kappa shape index (κ3) is 4.59. The highest BCUT2D eigenvalue weighted by molar-refractivity contribution is 6.30. The number of carboxylic acid groups (broad SMARTS) is 1. The average Bonchev–Trinajstić information content (AvgIpc) is 2.26. The predicted octanol–water partition coefficient (Wildman–Crippen LogP) is 3.29. The van der Waals surface area contributed by atoms with Crippen LogP contribution in [0.15, 0.2) is 29.4 Å². The van der Waals surface area contributed by atoms with Crippen LogP contribution >= 0.6 is 11.6 Å². The van der Waals surface area contributed by atoms with Crippen molar-refractivity contribution in [1.29, 1.82) is 0 Å². The number of azide groups is 1. The molecule has 0 bridgehead atoms. The molecule has 6 heteroatoms. The smallest absolute Gasteiger partial charge is 0.307 e. The van der Waals surface area contributed by atoms with Crippen molar-refractivity contribution in [2.45, 2.75) is 6.42 Å². The predicted molar refractivity (Wildman–Crippen MR) is 65.8 cm³/mol. The summed E-state index contributed by atoms with van der Waals surface area (Å²) >= 11 is 5.80. The van der Waals surface area contributed by atoms with E-state index in [1.165, 1.54) is 0 Å². The molecule has 0 fully saturated rings. The zero-order valence-corrected chi connectivity index (χ0v) is 9.63. The fourth-order valence-electron chi connectivity index (χ4n) is 1.32. The van der Waals surface area contributed by atoms with Crippen LogP contribution in [0.25, 0.3) is 16.5 Å². The van der Waals surface area contributed by atoms with Gasteiger partial charge in [-0.3, -0.25) is 4.79 Å². The molecular weight excluding hydrogens is 242 g/mol. The summed E-state index contributed by atoms with van der Waals surface area (Å²) < 4.78 is 0. The number of carboxylic acids is 1. The summed E-state index contributed by atoms with van der Waals surface area (Å²) in [5.74, 6) is -0.919. The van der Waals surface area contributed by atoms with Gasteiger partial charge >= 0.3 is 5.97 Å². The van der Waals surface area contributed by atoms with Crippen LogP contribution < -0.4 is 0 Å². The molecule has 0 aliphatic rings. The van der Waals surface area contributed by atoms with Gasteiger partial charge < -0.3 is 5.11 Å².